The third-order valence-corrected chi connectivity index (χ3v) is 6.06. The Bertz CT molecular complexity index is 859. The Labute approximate surface area is 158 Å². The third-order valence-electron chi connectivity index (χ3n) is 4.88. The average Bonchev–Trinajstić information content (AvgIpc) is 3.46. The predicted molar refractivity (Wildman–Crippen MR) is 104 cm³/mol. The van der Waals surface area contributed by atoms with Gasteiger partial charge in [-0.1, -0.05) is 29.8 Å². The maximum Gasteiger partial charge on any atom is 0.254 e. The van der Waals surface area contributed by atoms with Gasteiger partial charge in [0.1, 0.15) is 0 Å². The normalized spacial score (nSPS) is 18.8. The topological polar surface area (TPSA) is 49.4 Å². The highest BCUT2D eigenvalue weighted by Gasteiger charge is 2.33. The Morgan fingerprint density at radius 2 is 1.92 bits per heavy atom. The number of benzene rings is 2. The van der Waals surface area contributed by atoms with E-state index in [1.54, 1.807) is 0 Å². The maximum absolute atomic E-state index is 13.1. The molecule has 26 heavy (non-hydrogen) atoms. The van der Waals surface area contributed by atoms with Crippen molar-refractivity contribution in [3.8, 4) is 0 Å². The second-order valence-electron chi connectivity index (χ2n) is 7.11. The number of nitrogens with one attached hydrogen (secondary N) is 1. The zero-order chi connectivity index (χ0) is 18.3. The first kappa shape index (κ1) is 17.2. The summed E-state index contributed by atoms with van der Waals surface area (Å²) in [6.45, 7) is 4.57. The van der Waals surface area contributed by atoms with Crippen molar-refractivity contribution < 1.29 is 9.59 Å². The summed E-state index contributed by atoms with van der Waals surface area (Å²) in [6.07, 6.45) is 2.12. The number of hydrogen-bond donors (Lipinski definition) is 1. The molecule has 1 heterocycles. The fourth-order valence-electron chi connectivity index (χ4n) is 3.15. The maximum atomic E-state index is 13.1. The standard InChI is InChI=1S/C21H22N2O2S/c1-13-3-5-15(6-4-13)12-23(17-8-9-17)21(25)16-7-10-19-18(11-16)22-20(24)14(2)26-19/h3-7,10-11,14,17H,8-9,12H2,1-2H3,(H,22,24)/t14-/m1/s1. The summed E-state index contributed by atoms with van der Waals surface area (Å²) in [4.78, 5) is 28.1. The highest BCUT2D eigenvalue weighted by atomic mass is 32.2. The minimum atomic E-state index is -0.103. The van der Waals surface area contributed by atoms with E-state index in [0.29, 0.717) is 18.2 Å². The molecule has 1 aliphatic carbocycles. The van der Waals surface area contributed by atoms with Crippen LogP contribution >= 0.6 is 11.8 Å². The molecular formula is C21H22N2O2S. The largest absolute Gasteiger partial charge is 0.331 e. The molecule has 1 saturated carbocycles. The molecule has 1 N–H and O–H groups in total. The fourth-order valence-corrected chi connectivity index (χ4v) is 4.08. The lowest BCUT2D eigenvalue weighted by atomic mass is 10.1. The van der Waals surface area contributed by atoms with Crippen molar-refractivity contribution in [1.29, 1.82) is 0 Å². The van der Waals surface area contributed by atoms with Crippen LogP contribution < -0.4 is 5.32 Å². The number of hydrogen-bond acceptors (Lipinski definition) is 3. The van der Waals surface area contributed by atoms with E-state index in [4.69, 9.17) is 0 Å². The zero-order valence-corrected chi connectivity index (χ0v) is 15.8. The van der Waals surface area contributed by atoms with Crippen molar-refractivity contribution in [3.05, 3.63) is 59.2 Å². The average molecular weight is 366 g/mol. The second-order valence-corrected chi connectivity index (χ2v) is 8.49. The molecule has 0 spiro atoms. The van der Waals surface area contributed by atoms with Gasteiger partial charge >= 0.3 is 0 Å². The van der Waals surface area contributed by atoms with E-state index < -0.39 is 0 Å². The van der Waals surface area contributed by atoms with E-state index >= 15 is 0 Å². The fraction of sp³-hybridized carbons (Fsp3) is 0.333. The first-order valence-electron chi connectivity index (χ1n) is 8.99. The number of amides is 2. The quantitative estimate of drug-likeness (QED) is 0.881. The Morgan fingerprint density at radius 3 is 2.62 bits per heavy atom. The van der Waals surface area contributed by atoms with Crippen molar-refractivity contribution in [2.24, 2.45) is 0 Å². The van der Waals surface area contributed by atoms with Gasteiger partial charge in [0.2, 0.25) is 5.91 Å². The van der Waals surface area contributed by atoms with Crippen LogP contribution in [0.2, 0.25) is 0 Å². The molecular weight excluding hydrogens is 344 g/mol. The van der Waals surface area contributed by atoms with E-state index in [0.717, 1.165) is 29.0 Å². The summed E-state index contributed by atoms with van der Waals surface area (Å²) >= 11 is 1.53. The number of thioether (sulfide) groups is 1. The van der Waals surface area contributed by atoms with Crippen molar-refractivity contribution in [2.45, 2.75) is 49.4 Å². The monoisotopic (exact) mass is 366 g/mol. The van der Waals surface area contributed by atoms with Crippen LogP contribution in [0.25, 0.3) is 0 Å². The molecule has 1 aliphatic heterocycles. The number of carbonyl (C=O) groups is 2. The van der Waals surface area contributed by atoms with Gasteiger partial charge in [-0.05, 0) is 50.5 Å². The molecule has 0 unspecified atom stereocenters. The van der Waals surface area contributed by atoms with Crippen molar-refractivity contribution >= 4 is 29.3 Å². The summed E-state index contributed by atoms with van der Waals surface area (Å²) < 4.78 is 0. The van der Waals surface area contributed by atoms with Crippen molar-refractivity contribution in [1.82, 2.24) is 4.90 Å². The molecule has 5 heteroatoms. The van der Waals surface area contributed by atoms with E-state index in [-0.39, 0.29) is 17.1 Å². The Kier molecular flexibility index (Phi) is 4.49. The van der Waals surface area contributed by atoms with Gasteiger partial charge in [0, 0.05) is 23.0 Å². The summed E-state index contributed by atoms with van der Waals surface area (Å²) in [5, 5.41) is 2.81. The van der Waals surface area contributed by atoms with E-state index in [1.807, 2.05) is 30.0 Å². The van der Waals surface area contributed by atoms with Crippen molar-refractivity contribution in [2.75, 3.05) is 5.32 Å². The SMILES string of the molecule is Cc1ccc(CN(C(=O)c2ccc3c(c2)NC(=O)[C@@H](C)S3)C2CC2)cc1. The van der Waals surface area contributed by atoms with Gasteiger partial charge in [-0.15, -0.1) is 11.8 Å². The first-order chi connectivity index (χ1) is 12.5. The Hall–Kier alpha value is -2.27. The molecule has 4 rings (SSSR count). The van der Waals surface area contributed by atoms with Crippen LogP contribution in [-0.2, 0) is 11.3 Å². The third kappa shape index (κ3) is 3.49. The molecule has 0 radical (unpaired) electrons. The summed E-state index contributed by atoms with van der Waals surface area (Å²) in [5.41, 5.74) is 3.75. The van der Waals surface area contributed by atoms with Gasteiger partial charge in [-0.25, -0.2) is 0 Å². The van der Waals surface area contributed by atoms with Crippen LogP contribution in [0.3, 0.4) is 0 Å². The van der Waals surface area contributed by atoms with E-state index in [9.17, 15) is 9.59 Å². The molecule has 1 atom stereocenters. The molecule has 0 saturated heterocycles. The van der Waals surface area contributed by atoms with Gasteiger partial charge in [0.05, 0.1) is 10.9 Å². The molecule has 2 aromatic rings. The number of carbonyl (C=O) groups excluding carboxylic acids is 2. The minimum absolute atomic E-state index is 0.00852. The number of nitrogens with zero attached hydrogens (tertiary/aromatic N) is 1. The number of rotatable bonds is 4. The van der Waals surface area contributed by atoms with Crippen LogP contribution in [-0.4, -0.2) is 28.0 Å². The molecule has 1 fully saturated rings. The summed E-state index contributed by atoms with van der Waals surface area (Å²) in [6, 6.07) is 14.3. The Morgan fingerprint density at radius 1 is 1.19 bits per heavy atom. The lowest BCUT2D eigenvalue weighted by molar-refractivity contribution is -0.115. The molecule has 2 aromatic carbocycles. The highest BCUT2D eigenvalue weighted by molar-refractivity contribution is 8.00. The van der Waals surface area contributed by atoms with Gasteiger partial charge < -0.3 is 10.2 Å². The smallest absolute Gasteiger partial charge is 0.254 e. The van der Waals surface area contributed by atoms with E-state index in [1.165, 1.54) is 17.3 Å². The van der Waals surface area contributed by atoms with Gasteiger partial charge in [0.15, 0.2) is 0 Å². The van der Waals surface area contributed by atoms with E-state index in [2.05, 4.69) is 36.5 Å². The second kappa shape index (κ2) is 6.80. The van der Waals surface area contributed by atoms with Crippen LogP contribution in [0.5, 0.6) is 0 Å². The lowest BCUT2D eigenvalue weighted by Gasteiger charge is -2.25. The number of aryl methyl sites for hydroxylation is 1. The van der Waals surface area contributed by atoms with Gasteiger partial charge in [-0.3, -0.25) is 9.59 Å². The number of anilines is 1. The predicted octanol–water partition coefficient (Wildman–Crippen LogP) is 4.23. The molecule has 2 amide bonds. The summed E-state index contributed by atoms with van der Waals surface area (Å²) in [5.74, 6) is 0.0274. The molecule has 0 bridgehead atoms. The van der Waals surface area contributed by atoms with Crippen molar-refractivity contribution in [3.63, 3.8) is 0 Å². The molecule has 134 valence electrons. The first-order valence-corrected chi connectivity index (χ1v) is 9.87. The minimum Gasteiger partial charge on any atom is -0.331 e. The van der Waals surface area contributed by atoms with Gasteiger partial charge in [-0.2, -0.15) is 0 Å². The molecule has 2 aliphatic rings. The van der Waals surface area contributed by atoms with Crippen LogP contribution in [0.15, 0.2) is 47.4 Å². The van der Waals surface area contributed by atoms with Crippen LogP contribution in [0.4, 0.5) is 5.69 Å². The summed E-state index contributed by atoms with van der Waals surface area (Å²) in [7, 11) is 0. The van der Waals surface area contributed by atoms with Crippen LogP contribution in [0, 0.1) is 6.92 Å². The van der Waals surface area contributed by atoms with Crippen LogP contribution in [0.1, 0.15) is 41.3 Å². The zero-order valence-electron chi connectivity index (χ0n) is 15.0. The molecule has 4 nitrogen and oxygen atoms in total. The Balaban J connectivity index is 1.57. The molecule has 0 aromatic heterocycles. The number of fused-ring (bicyclic) bond motifs is 1. The van der Waals surface area contributed by atoms with Gasteiger partial charge in [0.25, 0.3) is 5.91 Å². The lowest BCUT2D eigenvalue weighted by Crippen LogP contribution is -2.33. The highest BCUT2D eigenvalue weighted by Crippen LogP contribution is 2.37.